The van der Waals surface area contributed by atoms with E-state index in [4.69, 9.17) is 4.74 Å². The van der Waals surface area contributed by atoms with E-state index in [1.54, 1.807) is 18.2 Å². The quantitative estimate of drug-likeness (QED) is 0.256. The van der Waals surface area contributed by atoms with Crippen molar-refractivity contribution in [2.45, 2.75) is 23.5 Å². The summed E-state index contributed by atoms with van der Waals surface area (Å²) in [6.45, 7) is 0.0567. The van der Waals surface area contributed by atoms with Gasteiger partial charge in [0.2, 0.25) is 0 Å². The Labute approximate surface area is 193 Å². The molecule has 0 aromatic heterocycles. The van der Waals surface area contributed by atoms with E-state index < -0.39 is 16.1 Å². The minimum absolute atomic E-state index is 0.0350. The first-order chi connectivity index (χ1) is 15.9. The standard InChI is InChI=1S/C24H28N2O6S/c27-16-19(13-18-7-3-1-4-8-18)25-15-20(28)17-32-21-11-12-24(29)23(14-21)26-33(30,31)22-9-5-2-6-10-22/h1-12,14,19-20,25-29H,13,15-17H2/t19-,20-/m0/s1. The average Bonchev–Trinajstić information content (AvgIpc) is 2.83. The summed E-state index contributed by atoms with van der Waals surface area (Å²) in [5, 5.41) is 33.0. The number of sulfonamides is 1. The van der Waals surface area contributed by atoms with Crippen LogP contribution in [0.5, 0.6) is 11.5 Å². The summed E-state index contributed by atoms with van der Waals surface area (Å²) >= 11 is 0. The highest BCUT2D eigenvalue weighted by atomic mass is 32.2. The van der Waals surface area contributed by atoms with E-state index in [0.717, 1.165) is 5.56 Å². The summed E-state index contributed by atoms with van der Waals surface area (Å²) < 4.78 is 32.9. The molecule has 0 amide bonds. The summed E-state index contributed by atoms with van der Waals surface area (Å²) in [6.07, 6.45) is -0.249. The lowest BCUT2D eigenvalue weighted by Crippen LogP contribution is -2.41. The molecule has 2 atom stereocenters. The highest BCUT2D eigenvalue weighted by Gasteiger charge is 2.17. The Hall–Kier alpha value is -3.11. The zero-order chi connectivity index (χ0) is 23.7. The van der Waals surface area contributed by atoms with Gasteiger partial charge in [0.1, 0.15) is 24.2 Å². The number of aliphatic hydroxyl groups excluding tert-OH is 2. The molecule has 0 bridgehead atoms. The zero-order valence-corrected chi connectivity index (χ0v) is 18.8. The second-order valence-corrected chi connectivity index (χ2v) is 9.22. The van der Waals surface area contributed by atoms with Gasteiger partial charge in [0.15, 0.2) is 0 Å². The van der Waals surface area contributed by atoms with Crippen LogP contribution in [-0.4, -0.2) is 55.6 Å². The van der Waals surface area contributed by atoms with Crippen LogP contribution in [0.2, 0.25) is 0 Å². The fourth-order valence-electron chi connectivity index (χ4n) is 3.14. The minimum atomic E-state index is -3.88. The van der Waals surface area contributed by atoms with Crippen molar-refractivity contribution in [1.29, 1.82) is 0 Å². The number of hydrogen-bond acceptors (Lipinski definition) is 7. The number of phenolic OH excluding ortho intramolecular Hbond substituents is 1. The lowest BCUT2D eigenvalue weighted by molar-refractivity contribution is 0.0997. The van der Waals surface area contributed by atoms with E-state index in [1.165, 1.54) is 30.3 Å². The summed E-state index contributed by atoms with van der Waals surface area (Å²) in [6, 6.07) is 21.4. The largest absolute Gasteiger partial charge is 0.506 e. The van der Waals surface area contributed by atoms with Crippen LogP contribution in [-0.2, 0) is 16.4 Å². The molecule has 0 saturated carbocycles. The Morgan fingerprint density at radius 3 is 2.27 bits per heavy atom. The van der Waals surface area contributed by atoms with Crippen LogP contribution in [0.25, 0.3) is 0 Å². The molecule has 0 fully saturated rings. The van der Waals surface area contributed by atoms with Crippen molar-refractivity contribution in [3.63, 3.8) is 0 Å². The van der Waals surface area contributed by atoms with Gasteiger partial charge in [-0.15, -0.1) is 0 Å². The van der Waals surface area contributed by atoms with E-state index in [9.17, 15) is 23.7 Å². The van der Waals surface area contributed by atoms with Crippen LogP contribution in [0.4, 0.5) is 5.69 Å². The van der Waals surface area contributed by atoms with E-state index in [0.29, 0.717) is 6.42 Å². The highest BCUT2D eigenvalue weighted by Crippen LogP contribution is 2.30. The van der Waals surface area contributed by atoms with Crippen molar-refractivity contribution in [3.05, 3.63) is 84.4 Å². The first-order valence-corrected chi connectivity index (χ1v) is 12.0. The minimum Gasteiger partial charge on any atom is -0.506 e. The van der Waals surface area contributed by atoms with Crippen molar-refractivity contribution in [3.8, 4) is 11.5 Å². The molecule has 3 aromatic rings. The molecule has 9 heteroatoms. The Kier molecular flexibility index (Phi) is 8.67. The molecule has 0 radical (unpaired) electrons. The predicted molar refractivity (Wildman–Crippen MR) is 126 cm³/mol. The van der Waals surface area contributed by atoms with Gasteiger partial charge in [-0.05, 0) is 36.2 Å². The molecule has 0 saturated heterocycles. The van der Waals surface area contributed by atoms with Crippen LogP contribution in [0.3, 0.4) is 0 Å². The third kappa shape index (κ3) is 7.47. The molecule has 5 N–H and O–H groups in total. The van der Waals surface area contributed by atoms with Gasteiger partial charge < -0.3 is 25.4 Å². The topological polar surface area (TPSA) is 128 Å². The number of nitrogens with one attached hydrogen (secondary N) is 2. The third-order valence-corrected chi connectivity index (χ3v) is 6.28. The Balaban J connectivity index is 1.53. The maximum Gasteiger partial charge on any atom is 0.262 e. The van der Waals surface area contributed by atoms with Gasteiger partial charge in [-0.3, -0.25) is 4.72 Å². The molecule has 0 aliphatic heterocycles. The fraction of sp³-hybridized carbons (Fsp3) is 0.250. The Morgan fingerprint density at radius 1 is 0.939 bits per heavy atom. The molecule has 3 rings (SSSR count). The van der Waals surface area contributed by atoms with Crippen molar-refractivity contribution in [2.24, 2.45) is 0 Å². The molecule has 0 heterocycles. The molecular formula is C24H28N2O6S. The molecular weight excluding hydrogens is 444 g/mol. The van der Waals surface area contributed by atoms with E-state index in [2.05, 4.69) is 10.0 Å². The number of aliphatic hydroxyl groups is 2. The number of rotatable bonds is 12. The molecule has 33 heavy (non-hydrogen) atoms. The molecule has 0 unspecified atom stereocenters. The fourth-order valence-corrected chi connectivity index (χ4v) is 4.23. The van der Waals surface area contributed by atoms with E-state index in [1.807, 2.05) is 30.3 Å². The monoisotopic (exact) mass is 472 g/mol. The smallest absolute Gasteiger partial charge is 0.262 e. The van der Waals surface area contributed by atoms with Gasteiger partial charge in [0.25, 0.3) is 10.0 Å². The van der Waals surface area contributed by atoms with Gasteiger partial charge in [0, 0.05) is 18.7 Å². The van der Waals surface area contributed by atoms with E-state index >= 15 is 0 Å². The number of benzene rings is 3. The highest BCUT2D eigenvalue weighted by molar-refractivity contribution is 7.92. The summed E-state index contributed by atoms with van der Waals surface area (Å²) in [5.74, 6) is 0.0244. The van der Waals surface area contributed by atoms with Crippen molar-refractivity contribution in [1.82, 2.24) is 5.32 Å². The SMILES string of the molecule is O=S(=O)(Nc1cc(OC[C@@H](O)CN[C@H](CO)Cc2ccccc2)ccc1O)c1ccccc1. The van der Waals surface area contributed by atoms with Crippen LogP contribution in [0.15, 0.2) is 83.8 Å². The predicted octanol–water partition coefficient (Wildman–Crippen LogP) is 2.13. The lowest BCUT2D eigenvalue weighted by Gasteiger charge is -2.19. The molecule has 0 spiro atoms. The van der Waals surface area contributed by atoms with Crippen molar-refractivity contribution >= 4 is 15.7 Å². The summed E-state index contributed by atoms with van der Waals surface area (Å²) in [5.41, 5.74) is 1.04. The normalized spacial score (nSPS) is 13.3. The number of phenols is 1. The summed E-state index contributed by atoms with van der Waals surface area (Å²) in [7, 11) is -3.88. The van der Waals surface area contributed by atoms with Crippen LogP contribution in [0, 0.1) is 0 Å². The second-order valence-electron chi connectivity index (χ2n) is 7.54. The molecule has 0 aliphatic rings. The van der Waals surface area contributed by atoms with Gasteiger partial charge >= 0.3 is 0 Å². The third-order valence-electron chi connectivity index (χ3n) is 4.90. The second kappa shape index (κ2) is 11.7. The lowest BCUT2D eigenvalue weighted by atomic mass is 10.1. The molecule has 3 aromatic carbocycles. The number of aromatic hydroxyl groups is 1. The van der Waals surface area contributed by atoms with Crippen molar-refractivity contribution < 1.29 is 28.5 Å². The van der Waals surface area contributed by atoms with Crippen LogP contribution < -0.4 is 14.8 Å². The van der Waals surface area contributed by atoms with Gasteiger partial charge in [0.05, 0.1) is 17.2 Å². The zero-order valence-electron chi connectivity index (χ0n) is 18.0. The number of ether oxygens (including phenoxy) is 1. The maximum atomic E-state index is 12.5. The molecule has 176 valence electrons. The van der Waals surface area contributed by atoms with Crippen LogP contribution >= 0.6 is 0 Å². The maximum absolute atomic E-state index is 12.5. The first kappa shape index (κ1) is 24.5. The molecule has 0 aliphatic carbocycles. The van der Waals surface area contributed by atoms with Crippen LogP contribution in [0.1, 0.15) is 5.56 Å². The number of hydrogen-bond donors (Lipinski definition) is 5. The molecule has 8 nitrogen and oxygen atoms in total. The average molecular weight is 473 g/mol. The van der Waals surface area contributed by atoms with Gasteiger partial charge in [-0.2, -0.15) is 0 Å². The van der Waals surface area contributed by atoms with E-state index in [-0.39, 0.29) is 47.9 Å². The Morgan fingerprint density at radius 2 is 1.61 bits per heavy atom. The first-order valence-electron chi connectivity index (χ1n) is 10.5. The van der Waals surface area contributed by atoms with Gasteiger partial charge in [-0.25, -0.2) is 8.42 Å². The summed E-state index contributed by atoms with van der Waals surface area (Å²) in [4.78, 5) is 0.0613. The number of anilines is 1. The van der Waals surface area contributed by atoms with Gasteiger partial charge in [-0.1, -0.05) is 48.5 Å². The Bertz CT molecular complexity index is 1110. The van der Waals surface area contributed by atoms with Crippen molar-refractivity contribution in [2.75, 3.05) is 24.5 Å².